The van der Waals surface area contributed by atoms with Crippen LogP contribution in [0.3, 0.4) is 0 Å². The van der Waals surface area contributed by atoms with Gasteiger partial charge in [0.15, 0.2) is 0 Å². The van der Waals surface area contributed by atoms with E-state index in [4.69, 9.17) is 0 Å². The molecule has 2 aliphatic heterocycles. The van der Waals surface area contributed by atoms with Crippen molar-refractivity contribution in [3.05, 3.63) is 35.9 Å². The number of nitrogens with zero attached hydrogens (tertiary/aromatic N) is 2. The molecular weight excluding hydrogens is 298 g/mol. The summed E-state index contributed by atoms with van der Waals surface area (Å²) in [4.78, 5) is 17.6. The Morgan fingerprint density at radius 3 is 2.50 bits per heavy atom. The summed E-state index contributed by atoms with van der Waals surface area (Å²) in [6, 6.07) is 10.2. The van der Waals surface area contributed by atoms with Crippen LogP contribution in [0.2, 0.25) is 0 Å². The quantitative estimate of drug-likeness (QED) is 0.919. The van der Waals surface area contributed by atoms with E-state index in [-0.39, 0.29) is 5.91 Å². The highest BCUT2D eigenvalue weighted by Crippen LogP contribution is 2.26. The number of piperidine rings is 1. The Morgan fingerprint density at radius 1 is 1.17 bits per heavy atom. The van der Waals surface area contributed by atoms with Crippen molar-refractivity contribution in [2.45, 2.75) is 32.1 Å². The molecule has 1 aromatic carbocycles. The molecule has 3 rings (SSSR count). The highest BCUT2D eigenvalue weighted by atomic mass is 16.2. The monoisotopic (exact) mass is 329 g/mol. The number of hydrogen-bond acceptors (Lipinski definition) is 3. The standard InChI is InChI=1S/C20H31N3O/c1-20(2,18-8-4-3-5-9-18)19(24)23-13-11-22(12-14-23)16-17-7-6-10-21-15-17/h3-5,8-9,17,21H,6-7,10-16H2,1-2H3. The van der Waals surface area contributed by atoms with E-state index in [9.17, 15) is 4.79 Å². The molecule has 4 nitrogen and oxygen atoms in total. The predicted molar refractivity (Wildman–Crippen MR) is 98.1 cm³/mol. The van der Waals surface area contributed by atoms with E-state index in [1.807, 2.05) is 32.0 Å². The number of carbonyl (C=O) groups excluding carboxylic acids is 1. The second-order valence-corrected chi connectivity index (χ2v) is 7.80. The van der Waals surface area contributed by atoms with Gasteiger partial charge in [-0.25, -0.2) is 0 Å². The lowest BCUT2D eigenvalue weighted by atomic mass is 9.83. The van der Waals surface area contributed by atoms with E-state index >= 15 is 0 Å². The molecule has 4 heteroatoms. The first-order chi connectivity index (χ1) is 11.6. The average molecular weight is 329 g/mol. The van der Waals surface area contributed by atoms with Gasteiger partial charge >= 0.3 is 0 Å². The van der Waals surface area contributed by atoms with Gasteiger partial charge in [0.2, 0.25) is 5.91 Å². The van der Waals surface area contributed by atoms with Gasteiger partial charge in [-0.05, 0) is 51.3 Å². The van der Waals surface area contributed by atoms with Gasteiger partial charge in [0.05, 0.1) is 5.41 Å². The Bertz CT molecular complexity index is 529. The maximum absolute atomic E-state index is 13.0. The van der Waals surface area contributed by atoms with Gasteiger partial charge in [0.25, 0.3) is 0 Å². The highest BCUT2D eigenvalue weighted by molar-refractivity contribution is 5.87. The van der Waals surface area contributed by atoms with E-state index in [0.29, 0.717) is 0 Å². The Hall–Kier alpha value is -1.39. The van der Waals surface area contributed by atoms with Crippen LogP contribution in [0.4, 0.5) is 0 Å². The van der Waals surface area contributed by atoms with E-state index < -0.39 is 5.41 Å². The molecular formula is C20H31N3O. The lowest BCUT2D eigenvalue weighted by Gasteiger charge is -2.40. The Kier molecular flexibility index (Phi) is 5.57. The Morgan fingerprint density at radius 2 is 1.88 bits per heavy atom. The first-order valence-corrected chi connectivity index (χ1v) is 9.35. The number of piperazine rings is 1. The van der Waals surface area contributed by atoms with Gasteiger partial charge in [-0.3, -0.25) is 9.69 Å². The molecule has 2 heterocycles. The van der Waals surface area contributed by atoms with Crippen molar-refractivity contribution in [1.82, 2.24) is 15.1 Å². The number of benzene rings is 1. The van der Waals surface area contributed by atoms with Gasteiger partial charge in [-0.15, -0.1) is 0 Å². The third kappa shape index (κ3) is 3.98. The zero-order valence-corrected chi connectivity index (χ0v) is 15.1. The Labute approximate surface area is 146 Å². The molecule has 2 aliphatic rings. The van der Waals surface area contributed by atoms with Gasteiger partial charge in [0.1, 0.15) is 0 Å². The third-order valence-corrected chi connectivity index (χ3v) is 5.60. The van der Waals surface area contributed by atoms with Crippen LogP contribution in [0, 0.1) is 5.92 Å². The largest absolute Gasteiger partial charge is 0.339 e. The van der Waals surface area contributed by atoms with Crippen molar-refractivity contribution in [3.63, 3.8) is 0 Å². The van der Waals surface area contributed by atoms with Gasteiger partial charge in [-0.1, -0.05) is 30.3 Å². The molecule has 0 saturated carbocycles. The van der Waals surface area contributed by atoms with Crippen molar-refractivity contribution in [2.75, 3.05) is 45.8 Å². The van der Waals surface area contributed by atoms with Crippen LogP contribution in [0.15, 0.2) is 30.3 Å². The second kappa shape index (κ2) is 7.66. The van der Waals surface area contributed by atoms with Crippen LogP contribution in [-0.4, -0.2) is 61.5 Å². The average Bonchev–Trinajstić information content (AvgIpc) is 2.63. The fourth-order valence-electron chi connectivity index (χ4n) is 3.95. The molecule has 1 unspecified atom stereocenters. The van der Waals surface area contributed by atoms with E-state index in [1.54, 1.807) is 0 Å². The lowest BCUT2D eigenvalue weighted by molar-refractivity contribution is -0.138. The minimum Gasteiger partial charge on any atom is -0.339 e. The van der Waals surface area contributed by atoms with E-state index in [2.05, 4.69) is 27.2 Å². The SMILES string of the molecule is CC(C)(C(=O)N1CCN(CC2CCCNC2)CC1)c1ccccc1. The van der Waals surface area contributed by atoms with E-state index in [0.717, 1.165) is 44.2 Å². The molecule has 24 heavy (non-hydrogen) atoms. The minimum atomic E-state index is -0.448. The molecule has 1 amide bonds. The summed E-state index contributed by atoms with van der Waals surface area (Å²) in [7, 11) is 0. The van der Waals surface area contributed by atoms with Crippen molar-refractivity contribution >= 4 is 5.91 Å². The summed E-state index contributed by atoms with van der Waals surface area (Å²) < 4.78 is 0. The summed E-state index contributed by atoms with van der Waals surface area (Å²) >= 11 is 0. The van der Waals surface area contributed by atoms with Crippen LogP contribution >= 0.6 is 0 Å². The highest BCUT2D eigenvalue weighted by Gasteiger charge is 2.35. The number of carbonyl (C=O) groups is 1. The van der Waals surface area contributed by atoms with Crippen molar-refractivity contribution in [2.24, 2.45) is 5.92 Å². The molecule has 2 saturated heterocycles. The summed E-state index contributed by atoms with van der Waals surface area (Å²) in [6.45, 7) is 11.3. The maximum Gasteiger partial charge on any atom is 0.232 e. The predicted octanol–water partition coefficient (Wildman–Crippen LogP) is 2.11. The first kappa shape index (κ1) is 17.4. The zero-order chi connectivity index (χ0) is 17.0. The number of nitrogens with one attached hydrogen (secondary N) is 1. The summed E-state index contributed by atoms with van der Waals surface area (Å²) in [5, 5.41) is 3.50. The molecule has 132 valence electrons. The van der Waals surface area contributed by atoms with Gasteiger partial charge in [0, 0.05) is 32.7 Å². The maximum atomic E-state index is 13.0. The van der Waals surface area contributed by atoms with Gasteiger partial charge in [-0.2, -0.15) is 0 Å². The Balaban J connectivity index is 1.53. The zero-order valence-electron chi connectivity index (χ0n) is 15.1. The molecule has 2 fully saturated rings. The van der Waals surface area contributed by atoms with Crippen molar-refractivity contribution < 1.29 is 4.79 Å². The van der Waals surface area contributed by atoms with E-state index in [1.165, 1.54) is 25.9 Å². The fourth-order valence-corrected chi connectivity index (χ4v) is 3.95. The number of hydrogen-bond donors (Lipinski definition) is 1. The normalized spacial score (nSPS) is 23.2. The summed E-state index contributed by atoms with van der Waals surface area (Å²) in [6.07, 6.45) is 2.64. The number of amides is 1. The first-order valence-electron chi connectivity index (χ1n) is 9.35. The molecule has 0 bridgehead atoms. The van der Waals surface area contributed by atoms with Crippen LogP contribution < -0.4 is 5.32 Å². The van der Waals surface area contributed by atoms with Crippen molar-refractivity contribution in [1.29, 1.82) is 0 Å². The summed E-state index contributed by atoms with van der Waals surface area (Å²) in [5.74, 6) is 1.04. The molecule has 1 aromatic rings. The second-order valence-electron chi connectivity index (χ2n) is 7.80. The smallest absolute Gasteiger partial charge is 0.232 e. The summed E-state index contributed by atoms with van der Waals surface area (Å²) in [5.41, 5.74) is 0.655. The molecule has 0 spiro atoms. The number of rotatable bonds is 4. The van der Waals surface area contributed by atoms with Crippen LogP contribution in [0.25, 0.3) is 0 Å². The minimum absolute atomic E-state index is 0.257. The third-order valence-electron chi connectivity index (χ3n) is 5.60. The van der Waals surface area contributed by atoms with Crippen LogP contribution in [0.1, 0.15) is 32.3 Å². The lowest BCUT2D eigenvalue weighted by Crippen LogP contribution is -2.54. The van der Waals surface area contributed by atoms with Crippen molar-refractivity contribution in [3.8, 4) is 0 Å². The molecule has 0 aromatic heterocycles. The molecule has 1 N–H and O–H groups in total. The van der Waals surface area contributed by atoms with Gasteiger partial charge < -0.3 is 10.2 Å². The van der Waals surface area contributed by atoms with Crippen LogP contribution in [0.5, 0.6) is 0 Å². The topological polar surface area (TPSA) is 35.6 Å². The molecule has 0 aliphatic carbocycles. The van der Waals surface area contributed by atoms with Crippen LogP contribution in [-0.2, 0) is 10.2 Å². The molecule has 0 radical (unpaired) electrons. The fraction of sp³-hybridized carbons (Fsp3) is 0.650. The molecule has 1 atom stereocenters.